The van der Waals surface area contributed by atoms with Crippen molar-refractivity contribution < 1.29 is 4.39 Å². The topological polar surface area (TPSA) is 6.48 Å². The Kier molecular flexibility index (Phi) is 4.08. The lowest BCUT2D eigenvalue weighted by Gasteiger charge is -2.36. The van der Waals surface area contributed by atoms with Crippen LogP contribution >= 0.6 is 15.9 Å². The van der Waals surface area contributed by atoms with E-state index in [1.807, 2.05) is 6.07 Å². The lowest BCUT2D eigenvalue weighted by molar-refractivity contribution is 0.162. The molecule has 2 aliphatic heterocycles. The summed E-state index contributed by atoms with van der Waals surface area (Å²) in [5.74, 6) is -0.112. The van der Waals surface area contributed by atoms with Crippen LogP contribution in [0.25, 0.3) is 0 Å². The highest BCUT2D eigenvalue weighted by Crippen LogP contribution is 2.32. The minimum absolute atomic E-state index is 0.112. The van der Waals surface area contributed by atoms with Crippen molar-refractivity contribution in [1.82, 2.24) is 4.90 Å². The summed E-state index contributed by atoms with van der Waals surface area (Å²) in [7, 11) is 0. The maximum Gasteiger partial charge on any atom is 0.147 e. The molecule has 1 unspecified atom stereocenters. The van der Waals surface area contributed by atoms with Gasteiger partial charge in [-0.05, 0) is 53.9 Å². The van der Waals surface area contributed by atoms with Gasteiger partial charge in [0, 0.05) is 30.1 Å². The van der Waals surface area contributed by atoms with Gasteiger partial charge in [0.05, 0.1) is 5.69 Å². The van der Waals surface area contributed by atoms with E-state index in [4.69, 9.17) is 0 Å². The van der Waals surface area contributed by atoms with E-state index >= 15 is 0 Å². The van der Waals surface area contributed by atoms with Crippen LogP contribution in [0.2, 0.25) is 0 Å². The molecule has 2 heterocycles. The molecule has 4 heteroatoms. The lowest BCUT2D eigenvalue weighted by Crippen LogP contribution is -2.44. The maximum absolute atomic E-state index is 14.1. The summed E-state index contributed by atoms with van der Waals surface area (Å²) in [4.78, 5) is 4.83. The van der Waals surface area contributed by atoms with Crippen LogP contribution < -0.4 is 4.90 Å². The van der Waals surface area contributed by atoms with Gasteiger partial charge in [-0.1, -0.05) is 12.5 Å². The number of fused-ring (bicyclic) bond motifs is 1. The average Bonchev–Trinajstić information content (AvgIpc) is 2.60. The summed E-state index contributed by atoms with van der Waals surface area (Å²) < 4.78 is 15.0. The molecule has 19 heavy (non-hydrogen) atoms. The molecule has 3 rings (SSSR count). The van der Waals surface area contributed by atoms with Gasteiger partial charge >= 0.3 is 0 Å². The summed E-state index contributed by atoms with van der Waals surface area (Å²) in [6.45, 7) is 4.29. The van der Waals surface area contributed by atoms with Crippen LogP contribution in [0.1, 0.15) is 25.7 Å². The van der Waals surface area contributed by atoms with Gasteiger partial charge in [0.15, 0.2) is 0 Å². The van der Waals surface area contributed by atoms with Crippen molar-refractivity contribution in [1.29, 1.82) is 0 Å². The number of piperidine rings is 1. The average molecular weight is 327 g/mol. The minimum atomic E-state index is -0.112. The van der Waals surface area contributed by atoms with Gasteiger partial charge in [-0.3, -0.25) is 4.90 Å². The number of para-hydroxylation sites is 1. The third-order valence-corrected chi connectivity index (χ3v) is 4.95. The second kappa shape index (κ2) is 5.80. The summed E-state index contributed by atoms with van der Waals surface area (Å²) in [5, 5.41) is 0. The van der Waals surface area contributed by atoms with Gasteiger partial charge in [-0.25, -0.2) is 4.39 Å². The van der Waals surface area contributed by atoms with Crippen LogP contribution in [0.5, 0.6) is 0 Å². The molecule has 2 saturated heterocycles. The SMILES string of the molecule is Fc1cccc(Br)c1N1CCCN2CCCCC2C1. The predicted octanol–water partition coefficient (Wildman–Crippen LogP) is 3.65. The highest BCUT2D eigenvalue weighted by Gasteiger charge is 2.28. The van der Waals surface area contributed by atoms with Crippen molar-refractivity contribution in [3.63, 3.8) is 0 Å². The molecule has 0 radical (unpaired) electrons. The third kappa shape index (κ3) is 2.79. The Labute approximate surface area is 122 Å². The van der Waals surface area contributed by atoms with Crippen molar-refractivity contribution in [2.75, 3.05) is 31.1 Å². The Morgan fingerprint density at radius 3 is 2.79 bits per heavy atom. The molecule has 0 saturated carbocycles. The summed E-state index contributed by atoms with van der Waals surface area (Å²) in [6, 6.07) is 5.85. The van der Waals surface area contributed by atoms with Gasteiger partial charge in [-0.15, -0.1) is 0 Å². The lowest BCUT2D eigenvalue weighted by atomic mass is 10.0. The van der Waals surface area contributed by atoms with Crippen LogP contribution in [0.4, 0.5) is 10.1 Å². The molecule has 0 aliphatic carbocycles. The Hall–Kier alpha value is -0.610. The van der Waals surface area contributed by atoms with Crippen LogP contribution in [0.3, 0.4) is 0 Å². The van der Waals surface area contributed by atoms with Gasteiger partial charge in [-0.2, -0.15) is 0 Å². The van der Waals surface area contributed by atoms with Crippen LogP contribution in [-0.2, 0) is 0 Å². The van der Waals surface area contributed by atoms with E-state index < -0.39 is 0 Å². The Bertz CT molecular complexity index is 432. The molecule has 104 valence electrons. The van der Waals surface area contributed by atoms with E-state index in [-0.39, 0.29) is 5.82 Å². The fraction of sp³-hybridized carbons (Fsp3) is 0.600. The maximum atomic E-state index is 14.1. The highest BCUT2D eigenvalue weighted by atomic mass is 79.9. The van der Waals surface area contributed by atoms with Gasteiger partial charge in [0.2, 0.25) is 0 Å². The summed E-state index contributed by atoms with van der Waals surface area (Å²) in [5.41, 5.74) is 0.745. The van der Waals surface area contributed by atoms with Crippen LogP contribution in [-0.4, -0.2) is 37.1 Å². The molecule has 0 spiro atoms. The number of nitrogens with zero attached hydrogens (tertiary/aromatic N) is 2. The molecular weight excluding hydrogens is 307 g/mol. The monoisotopic (exact) mass is 326 g/mol. The van der Waals surface area contributed by atoms with Crippen molar-refractivity contribution in [2.45, 2.75) is 31.7 Å². The zero-order chi connectivity index (χ0) is 13.2. The molecule has 0 N–H and O–H groups in total. The first kappa shape index (κ1) is 13.4. The molecule has 0 amide bonds. The smallest absolute Gasteiger partial charge is 0.147 e. The first-order valence-corrected chi connectivity index (χ1v) is 7.98. The number of hydrogen-bond donors (Lipinski definition) is 0. The number of anilines is 1. The van der Waals surface area contributed by atoms with Gasteiger partial charge < -0.3 is 4.90 Å². The summed E-state index contributed by atoms with van der Waals surface area (Å²) >= 11 is 3.50. The molecule has 0 aromatic heterocycles. The zero-order valence-electron chi connectivity index (χ0n) is 11.1. The molecule has 2 aliphatic rings. The fourth-order valence-corrected chi connectivity index (χ4v) is 3.96. The number of rotatable bonds is 1. The second-order valence-corrected chi connectivity index (χ2v) is 6.41. The van der Waals surface area contributed by atoms with E-state index in [2.05, 4.69) is 25.7 Å². The van der Waals surface area contributed by atoms with E-state index in [1.165, 1.54) is 25.8 Å². The molecule has 1 aromatic rings. The second-order valence-electron chi connectivity index (χ2n) is 5.56. The molecule has 1 atom stereocenters. The van der Waals surface area contributed by atoms with Crippen LogP contribution in [0.15, 0.2) is 22.7 Å². The number of hydrogen-bond acceptors (Lipinski definition) is 2. The first-order valence-electron chi connectivity index (χ1n) is 7.19. The van der Waals surface area contributed by atoms with Crippen molar-refractivity contribution >= 4 is 21.6 Å². The number of benzene rings is 1. The van der Waals surface area contributed by atoms with Crippen molar-refractivity contribution in [2.24, 2.45) is 0 Å². The molecular formula is C15H20BrFN2. The van der Waals surface area contributed by atoms with Crippen molar-refractivity contribution in [3.05, 3.63) is 28.5 Å². The Morgan fingerprint density at radius 1 is 1.11 bits per heavy atom. The molecule has 2 nitrogen and oxygen atoms in total. The molecule has 0 bridgehead atoms. The van der Waals surface area contributed by atoms with Gasteiger partial charge in [0.25, 0.3) is 0 Å². The standard InChI is InChI=1S/C15H20BrFN2/c16-13-6-3-7-14(17)15(13)19-10-4-9-18-8-2-1-5-12(18)11-19/h3,6-7,12H,1-2,4-5,8-11H2. The van der Waals surface area contributed by atoms with Crippen molar-refractivity contribution in [3.8, 4) is 0 Å². The van der Waals surface area contributed by atoms with E-state index in [0.29, 0.717) is 6.04 Å². The third-order valence-electron chi connectivity index (χ3n) is 4.31. The Balaban J connectivity index is 1.84. The minimum Gasteiger partial charge on any atom is -0.367 e. The zero-order valence-corrected chi connectivity index (χ0v) is 12.7. The largest absolute Gasteiger partial charge is 0.367 e. The highest BCUT2D eigenvalue weighted by molar-refractivity contribution is 9.10. The van der Waals surface area contributed by atoms with Crippen LogP contribution in [0, 0.1) is 5.82 Å². The quantitative estimate of drug-likeness (QED) is 0.777. The molecule has 1 aromatic carbocycles. The molecule has 2 fully saturated rings. The van der Waals surface area contributed by atoms with E-state index in [9.17, 15) is 4.39 Å². The Morgan fingerprint density at radius 2 is 1.95 bits per heavy atom. The fourth-order valence-electron chi connectivity index (χ4n) is 3.37. The van der Waals surface area contributed by atoms with E-state index in [1.54, 1.807) is 12.1 Å². The number of halogens is 2. The van der Waals surface area contributed by atoms with E-state index in [0.717, 1.165) is 36.2 Å². The predicted molar refractivity (Wildman–Crippen MR) is 80.1 cm³/mol. The normalized spacial score (nSPS) is 24.9. The summed E-state index contributed by atoms with van der Waals surface area (Å²) in [6.07, 6.45) is 5.01. The van der Waals surface area contributed by atoms with Gasteiger partial charge in [0.1, 0.15) is 5.82 Å². The first-order chi connectivity index (χ1) is 9.25.